The fraction of sp³-hybridized carbons (Fsp3) is 0.438. The molecule has 114 valence electrons. The number of rotatable bonds is 5. The predicted octanol–water partition coefficient (Wildman–Crippen LogP) is 2.95. The average molecular weight is 309 g/mol. The molecule has 0 aliphatic heterocycles. The number of aromatic nitrogens is 1. The van der Waals surface area contributed by atoms with Crippen LogP contribution in [0.25, 0.3) is 10.9 Å². The Hall–Kier alpha value is -1.52. The van der Waals surface area contributed by atoms with E-state index in [9.17, 15) is 9.90 Å². The number of fused-ring (bicyclic) bond motifs is 1. The number of halogens is 1. The van der Waals surface area contributed by atoms with Crippen molar-refractivity contribution in [1.82, 2.24) is 9.88 Å². The third kappa shape index (κ3) is 3.57. The normalized spacial score (nSPS) is 12.9. The first-order valence-electron chi connectivity index (χ1n) is 7.10. The summed E-state index contributed by atoms with van der Waals surface area (Å²) in [6.45, 7) is 6.29. The largest absolute Gasteiger partial charge is 0.392 e. The number of benzene rings is 1. The van der Waals surface area contributed by atoms with E-state index in [4.69, 9.17) is 11.6 Å². The minimum absolute atomic E-state index is 0.0439. The monoisotopic (exact) mass is 308 g/mol. The van der Waals surface area contributed by atoms with E-state index < -0.39 is 0 Å². The molecule has 5 heteroatoms. The second-order valence-electron chi connectivity index (χ2n) is 5.70. The Morgan fingerprint density at radius 2 is 2.10 bits per heavy atom. The van der Waals surface area contributed by atoms with Crippen LogP contribution in [0.2, 0.25) is 5.02 Å². The molecule has 0 aliphatic carbocycles. The van der Waals surface area contributed by atoms with Gasteiger partial charge in [0.15, 0.2) is 0 Å². The molecule has 2 N–H and O–H groups in total. The van der Waals surface area contributed by atoms with Crippen molar-refractivity contribution in [3.63, 3.8) is 0 Å². The van der Waals surface area contributed by atoms with E-state index in [0.29, 0.717) is 10.9 Å². The maximum Gasteiger partial charge on any atom is 0.240 e. The van der Waals surface area contributed by atoms with Crippen LogP contribution in [0.5, 0.6) is 0 Å². The van der Waals surface area contributed by atoms with Crippen molar-refractivity contribution < 1.29 is 9.90 Å². The van der Waals surface area contributed by atoms with Crippen LogP contribution < -0.4 is 5.32 Å². The number of carbonyl (C=O) groups excluding carboxylic acids is 1. The van der Waals surface area contributed by atoms with E-state index in [1.165, 1.54) is 0 Å². The van der Waals surface area contributed by atoms with E-state index in [-0.39, 0.29) is 25.1 Å². The third-order valence-corrected chi connectivity index (χ3v) is 4.03. The smallest absolute Gasteiger partial charge is 0.240 e. The number of aliphatic hydroxyl groups excluding tert-OH is 1. The zero-order valence-electron chi connectivity index (χ0n) is 12.6. The van der Waals surface area contributed by atoms with Gasteiger partial charge >= 0.3 is 0 Å². The Morgan fingerprint density at radius 3 is 2.71 bits per heavy atom. The van der Waals surface area contributed by atoms with Crippen molar-refractivity contribution in [2.75, 3.05) is 0 Å². The summed E-state index contributed by atoms with van der Waals surface area (Å²) < 4.78 is 1.83. The summed E-state index contributed by atoms with van der Waals surface area (Å²) in [5.41, 5.74) is 1.66. The second-order valence-corrected chi connectivity index (χ2v) is 6.14. The fourth-order valence-electron chi connectivity index (χ4n) is 2.22. The number of hydrogen-bond acceptors (Lipinski definition) is 2. The maximum atomic E-state index is 12.1. The molecule has 1 unspecified atom stereocenters. The summed E-state index contributed by atoms with van der Waals surface area (Å²) >= 11 is 6.03. The molecule has 0 radical (unpaired) electrons. The van der Waals surface area contributed by atoms with Gasteiger partial charge in [-0.15, -0.1) is 0 Å². The van der Waals surface area contributed by atoms with Crippen molar-refractivity contribution >= 4 is 28.4 Å². The Morgan fingerprint density at radius 1 is 1.38 bits per heavy atom. The van der Waals surface area contributed by atoms with Crippen molar-refractivity contribution in [3.05, 3.63) is 35.0 Å². The Balaban J connectivity index is 2.26. The average Bonchev–Trinajstić information content (AvgIpc) is 2.75. The summed E-state index contributed by atoms with van der Waals surface area (Å²) in [7, 11) is 0. The molecule has 21 heavy (non-hydrogen) atoms. The minimum Gasteiger partial charge on any atom is -0.392 e. The Kier molecular flexibility index (Phi) is 4.91. The zero-order valence-corrected chi connectivity index (χ0v) is 13.3. The molecule has 1 aromatic carbocycles. The van der Waals surface area contributed by atoms with Crippen molar-refractivity contribution in [1.29, 1.82) is 0 Å². The van der Waals surface area contributed by atoms with Gasteiger partial charge in [0.2, 0.25) is 5.91 Å². The first-order chi connectivity index (χ1) is 9.92. The molecule has 0 fully saturated rings. The van der Waals surface area contributed by atoms with Gasteiger partial charge in [-0.05, 0) is 25.0 Å². The first-order valence-corrected chi connectivity index (χ1v) is 7.47. The molecule has 1 atom stereocenters. The van der Waals surface area contributed by atoms with Gasteiger partial charge in [-0.1, -0.05) is 31.5 Å². The molecule has 2 rings (SSSR count). The van der Waals surface area contributed by atoms with Crippen LogP contribution in [0.15, 0.2) is 24.4 Å². The molecule has 2 aromatic rings. The molecular weight excluding hydrogens is 288 g/mol. The quantitative estimate of drug-likeness (QED) is 0.892. The van der Waals surface area contributed by atoms with E-state index in [1.54, 1.807) is 12.3 Å². The lowest BCUT2D eigenvalue weighted by atomic mass is 10.1. The molecule has 1 aromatic heterocycles. The standard InChI is InChI=1S/C16H21ClN2O2/c1-10(2)11(3)18-16(21)8-19-7-12(9-20)14-5-4-13(17)6-15(14)19/h4-7,10-11,20H,8-9H2,1-3H3,(H,18,21). The number of carbonyl (C=O) groups is 1. The van der Waals surface area contributed by atoms with Gasteiger partial charge in [-0.3, -0.25) is 4.79 Å². The third-order valence-electron chi connectivity index (χ3n) is 3.80. The second kappa shape index (κ2) is 6.50. The summed E-state index contributed by atoms with van der Waals surface area (Å²) in [6, 6.07) is 5.60. The molecule has 1 amide bonds. The van der Waals surface area contributed by atoms with E-state index >= 15 is 0 Å². The van der Waals surface area contributed by atoms with E-state index in [0.717, 1.165) is 16.5 Å². The molecule has 1 heterocycles. The zero-order chi connectivity index (χ0) is 15.6. The van der Waals surface area contributed by atoms with Gasteiger partial charge in [-0.25, -0.2) is 0 Å². The highest BCUT2D eigenvalue weighted by Crippen LogP contribution is 2.25. The number of nitrogens with one attached hydrogen (secondary N) is 1. The summed E-state index contributed by atoms with van der Waals surface area (Å²) in [5.74, 6) is 0.343. The molecule has 0 bridgehead atoms. The van der Waals surface area contributed by atoms with Gasteiger partial charge < -0.3 is 15.0 Å². The van der Waals surface area contributed by atoms with Crippen LogP contribution in [0.3, 0.4) is 0 Å². The maximum absolute atomic E-state index is 12.1. The highest BCUT2D eigenvalue weighted by atomic mass is 35.5. The van der Waals surface area contributed by atoms with Crippen LogP contribution in [0.4, 0.5) is 0 Å². The number of hydrogen-bond donors (Lipinski definition) is 2. The SMILES string of the molecule is CC(C)C(C)NC(=O)Cn1cc(CO)c2ccc(Cl)cc21. The molecule has 0 saturated carbocycles. The molecule has 4 nitrogen and oxygen atoms in total. The van der Waals surface area contributed by atoms with Crippen molar-refractivity contribution in [2.24, 2.45) is 5.92 Å². The minimum atomic E-state index is -0.0604. The number of aliphatic hydroxyl groups is 1. The summed E-state index contributed by atoms with van der Waals surface area (Å²) in [5, 5.41) is 13.9. The summed E-state index contributed by atoms with van der Waals surface area (Å²) in [6.07, 6.45) is 1.81. The lowest BCUT2D eigenvalue weighted by molar-refractivity contribution is -0.122. The van der Waals surface area contributed by atoms with Crippen LogP contribution in [0.1, 0.15) is 26.3 Å². The van der Waals surface area contributed by atoms with Gasteiger partial charge in [0.05, 0.1) is 12.1 Å². The molecular formula is C16H21ClN2O2. The molecule has 0 saturated heterocycles. The van der Waals surface area contributed by atoms with Gasteiger partial charge in [-0.2, -0.15) is 0 Å². The Labute approximate surface area is 129 Å². The van der Waals surface area contributed by atoms with E-state index in [2.05, 4.69) is 19.2 Å². The molecule has 0 aliphatic rings. The van der Waals surface area contributed by atoms with Crippen molar-refractivity contribution in [2.45, 2.75) is 40.0 Å². The first kappa shape index (κ1) is 15.9. The van der Waals surface area contributed by atoms with Gasteiger partial charge in [0.25, 0.3) is 0 Å². The Bertz CT molecular complexity index is 649. The van der Waals surface area contributed by atoms with Gasteiger partial charge in [0.1, 0.15) is 6.54 Å². The van der Waals surface area contributed by atoms with Gasteiger partial charge in [0, 0.05) is 28.2 Å². The lowest BCUT2D eigenvalue weighted by Crippen LogP contribution is -2.38. The summed E-state index contributed by atoms with van der Waals surface area (Å²) in [4.78, 5) is 12.1. The highest BCUT2D eigenvalue weighted by molar-refractivity contribution is 6.31. The topological polar surface area (TPSA) is 54.3 Å². The lowest BCUT2D eigenvalue weighted by Gasteiger charge is -2.17. The molecule has 0 spiro atoms. The van der Waals surface area contributed by atoms with Crippen LogP contribution in [-0.4, -0.2) is 21.6 Å². The predicted molar refractivity (Wildman–Crippen MR) is 85.3 cm³/mol. The van der Waals surface area contributed by atoms with E-state index in [1.807, 2.05) is 23.6 Å². The van der Waals surface area contributed by atoms with Crippen LogP contribution in [-0.2, 0) is 17.9 Å². The van der Waals surface area contributed by atoms with Crippen molar-refractivity contribution in [3.8, 4) is 0 Å². The number of nitrogens with zero attached hydrogens (tertiary/aromatic N) is 1. The number of amides is 1. The highest BCUT2D eigenvalue weighted by Gasteiger charge is 2.14. The fourth-order valence-corrected chi connectivity index (χ4v) is 2.39. The van der Waals surface area contributed by atoms with Crippen LogP contribution >= 0.6 is 11.6 Å². The van der Waals surface area contributed by atoms with Crippen LogP contribution in [0, 0.1) is 5.92 Å².